The molecule has 0 atom stereocenters. The smallest absolute Gasteiger partial charge is 0.258 e. The molecule has 2 heterocycles. The SMILES string of the molecule is C/C(=N/Nc1nncc(-c2ccccc2)n1)c1cc([N+](=O)[O-])cs1. The van der Waals surface area contributed by atoms with Gasteiger partial charge in [0.2, 0.25) is 0 Å². The number of nitrogens with zero attached hydrogens (tertiary/aromatic N) is 5. The van der Waals surface area contributed by atoms with Crippen molar-refractivity contribution in [2.45, 2.75) is 6.92 Å². The molecule has 0 radical (unpaired) electrons. The number of nitrogens with one attached hydrogen (secondary N) is 1. The molecule has 2 aromatic heterocycles. The van der Waals surface area contributed by atoms with E-state index in [0.29, 0.717) is 16.3 Å². The third-order valence-corrected chi connectivity index (χ3v) is 4.13. The second-order valence-electron chi connectivity index (χ2n) is 4.77. The van der Waals surface area contributed by atoms with E-state index < -0.39 is 4.92 Å². The van der Waals surface area contributed by atoms with Crippen LogP contribution in [-0.4, -0.2) is 25.8 Å². The summed E-state index contributed by atoms with van der Waals surface area (Å²) < 4.78 is 0. The Morgan fingerprint density at radius 3 is 2.83 bits per heavy atom. The van der Waals surface area contributed by atoms with E-state index in [4.69, 9.17) is 0 Å². The quantitative estimate of drug-likeness (QED) is 0.434. The molecule has 120 valence electrons. The van der Waals surface area contributed by atoms with Crippen LogP contribution in [0.3, 0.4) is 0 Å². The fourth-order valence-corrected chi connectivity index (χ4v) is 2.71. The Balaban J connectivity index is 1.77. The monoisotopic (exact) mass is 340 g/mol. The summed E-state index contributed by atoms with van der Waals surface area (Å²) in [5, 5.41) is 24.1. The second kappa shape index (κ2) is 6.92. The molecular formula is C15H12N6O2S. The Morgan fingerprint density at radius 2 is 2.12 bits per heavy atom. The van der Waals surface area contributed by atoms with Crippen LogP contribution in [0.2, 0.25) is 0 Å². The predicted molar refractivity (Wildman–Crippen MR) is 92.1 cm³/mol. The maximum absolute atomic E-state index is 10.7. The molecule has 9 heteroatoms. The zero-order valence-corrected chi connectivity index (χ0v) is 13.4. The zero-order chi connectivity index (χ0) is 16.9. The van der Waals surface area contributed by atoms with Crippen LogP contribution in [0.15, 0.2) is 53.1 Å². The molecular weight excluding hydrogens is 328 g/mol. The number of nitro groups is 1. The van der Waals surface area contributed by atoms with Crippen molar-refractivity contribution in [3.63, 3.8) is 0 Å². The summed E-state index contributed by atoms with van der Waals surface area (Å²) in [7, 11) is 0. The van der Waals surface area contributed by atoms with Gasteiger partial charge in [0.25, 0.3) is 11.6 Å². The minimum atomic E-state index is -0.433. The van der Waals surface area contributed by atoms with Gasteiger partial charge < -0.3 is 0 Å². The van der Waals surface area contributed by atoms with Crippen molar-refractivity contribution in [2.24, 2.45) is 5.10 Å². The van der Waals surface area contributed by atoms with Crippen molar-refractivity contribution in [1.29, 1.82) is 0 Å². The predicted octanol–water partition coefficient (Wildman–Crippen LogP) is 3.34. The minimum absolute atomic E-state index is 0.0496. The maximum atomic E-state index is 10.7. The van der Waals surface area contributed by atoms with Gasteiger partial charge in [-0.15, -0.1) is 16.4 Å². The lowest BCUT2D eigenvalue weighted by Crippen LogP contribution is -2.02. The zero-order valence-electron chi connectivity index (χ0n) is 12.6. The molecule has 3 aromatic rings. The molecule has 0 saturated carbocycles. The molecule has 0 bridgehead atoms. The van der Waals surface area contributed by atoms with Gasteiger partial charge >= 0.3 is 0 Å². The molecule has 0 aliphatic heterocycles. The van der Waals surface area contributed by atoms with Crippen molar-refractivity contribution in [3.05, 3.63) is 63.0 Å². The normalized spacial score (nSPS) is 11.3. The van der Waals surface area contributed by atoms with E-state index in [0.717, 1.165) is 5.56 Å². The van der Waals surface area contributed by atoms with Crippen molar-refractivity contribution >= 4 is 28.7 Å². The van der Waals surface area contributed by atoms with Crippen LogP contribution in [0.5, 0.6) is 0 Å². The van der Waals surface area contributed by atoms with Gasteiger partial charge in [-0.05, 0) is 6.92 Å². The highest BCUT2D eigenvalue weighted by molar-refractivity contribution is 7.12. The fourth-order valence-electron chi connectivity index (χ4n) is 1.90. The molecule has 8 nitrogen and oxygen atoms in total. The van der Waals surface area contributed by atoms with Crippen LogP contribution in [0.25, 0.3) is 11.3 Å². The molecule has 0 unspecified atom stereocenters. The van der Waals surface area contributed by atoms with Crippen LogP contribution in [0.1, 0.15) is 11.8 Å². The first-order chi connectivity index (χ1) is 11.6. The van der Waals surface area contributed by atoms with Crippen molar-refractivity contribution in [2.75, 3.05) is 5.43 Å². The summed E-state index contributed by atoms with van der Waals surface area (Å²) >= 11 is 1.25. The topological polar surface area (TPSA) is 106 Å². The molecule has 0 amide bonds. The van der Waals surface area contributed by atoms with E-state index >= 15 is 0 Å². The van der Waals surface area contributed by atoms with Crippen molar-refractivity contribution < 1.29 is 4.92 Å². The lowest BCUT2D eigenvalue weighted by Gasteiger charge is -2.03. The standard InChI is InChI=1S/C15H12N6O2S/c1-10(14-7-12(9-24-14)21(22)23)18-20-15-17-13(8-16-19-15)11-5-3-2-4-6-11/h2-9H,1H3,(H,17,19,20)/b18-10-. The number of aromatic nitrogens is 3. The van der Waals surface area contributed by atoms with Gasteiger partial charge in [-0.25, -0.2) is 10.4 Å². The van der Waals surface area contributed by atoms with Crippen molar-refractivity contribution in [3.8, 4) is 11.3 Å². The van der Waals surface area contributed by atoms with Gasteiger partial charge in [-0.2, -0.15) is 10.2 Å². The van der Waals surface area contributed by atoms with Gasteiger partial charge in [0, 0.05) is 11.6 Å². The molecule has 3 rings (SSSR count). The van der Waals surface area contributed by atoms with Gasteiger partial charge in [-0.1, -0.05) is 30.3 Å². The van der Waals surface area contributed by atoms with E-state index in [-0.39, 0.29) is 11.6 Å². The third kappa shape index (κ3) is 3.58. The molecule has 1 N–H and O–H groups in total. The lowest BCUT2D eigenvalue weighted by atomic mass is 10.2. The lowest BCUT2D eigenvalue weighted by molar-refractivity contribution is -0.384. The van der Waals surface area contributed by atoms with E-state index in [1.807, 2.05) is 30.3 Å². The summed E-state index contributed by atoms with van der Waals surface area (Å²) in [5.74, 6) is 0.252. The van der Waals surface area contributed by atoms with Crippen LogP contribution < -0.4 is 5.43 Å². The highest BCUT2D eigenvalue weighted by Crippen LogP contribution is 2.22. The molecule has 24 heavy (non-hydrogen) atoms. The molecule has 0 fully saturated rings. The van der Waals surface area contributed by atoms with E-state index in [9.17, 15) is 10.1 Å². The molecule has 0 spiro atoms. The highest BCUT2D eigenvalue weighted by atomic mass is 32.1. The summed E-state index contributed by atoms with van der Waals surface area (Å²) in [6, 6.07) is 11.1. The Bertz CT molecular complexity index is 894. The number of hydrazone groups is 1. The number of anilines is 1. The van der Waals surface area contributed by atoms with Gasteiger partial charge in [0.05, 0.1) is 32.8 Å². The van der Waals surface area contributed by atoms with E-state index in [2.05, 4.69) is 25.7 Å². The average Bonchev–Trinajstić information content (AvgIpc) is 3.11. The van der Waals surface area contributed by atoms with Gasteiger partial charge in [0.1, 0.15) is 0 Å². The summed E-state index contributed by atoms with van der Waals surface area (Å²) in [5.41, 5.74) is 4.98. The number of hydrogen-bond acceptors (Lipinski definition) is 8. The van der Waals surface area contributed by atoms with Gasteiger partial charge in [-0.3, -0.25) is 10.1 Å². The Labute approximate surface area is 141 Å². The highest BCUT2D eigenvalue weighted by Gasteiger charge is 2.11. The first-order valence-electron chi connectivity index (χ1n) is 6.92. The van der Waals surface area contributed by atoms with Crippen molar-refractivity contribution in [1.82, 2.24) is 15.2 Å². The van der Waals surface area contributed by atoms with Crippen LogP contribution in [0.4, 0.5) is 11.6 Å². The maximum Gasteiger partial charge on any atom is 0.280 e. The van der Waals surface area contributed by atoms with Crippen LogP contribution >= 0.6 is 11.3 Å². The first-order valence-corrected chi connectivity index (χ1v) is 7.80. The fraction of sp³-hybridized carbons (Fsp3) is 0.0667. The molecule has 1 aromatic carbocycles. The molecule has 0 aliphatic rings. The Morgan fingerprint density at radius 1 is 1.33 bits per heavy atom. The molecule has 0 saturated heterocycles. The third-order valence-electron chi connectivity index (χ3n) is 3.11. The van der Waals surface area contributed by atoms with Crippen LogP contribution in [0, 0.1) is 10.1 Å². The number of hydrogen-bond donors (Lipinski definition) is 1. The molecule has 0 aliphatic carbocycles. The van der Waals surface area contributed by atoms with Crippen LogP contribution in [-0.2, 0) is 0 Å². The number of rotatable bonds is 5. The number of thiophene rings is 1. The van der Waals surface area contributed by atoms with Gasteiger partial charge in [0.15, 0.2) is 0 Å². The van der Waals surface area contributed by atoms with E-state index in [1.165, 1.54) is 22.8 Å². The minimum Gasteiger partial charge on any atom is -0.258 e. The second-order valence-corrected chi connectivity index (χ2v) is 5.68. The summed E-state index contributed by atoms with van der Waals surface area (Å²) in [6.07, 6.45) is 1.57. The number of benzene rings is 1. The average molecular weight is 340 g/mol. The van der Waals surface area contributed by atoms with E-state index in [1.54, 1.807) is 13.1 Å². The summed E-state index contributed by atoms with van der Waals surface area (Å²) in [4.78, 5) is 15.3. The Kier molecular flexibility index (Phi) is 4.52. The first kappa shape index (κ1) is 15.7. The largest absolute Gasteiger partial charge is 0.280 e. The Hall–Kier alpha value is -3.20. The summed E-state index contributed by atoms with van der Waals surface area (Å²) in [6.45, 7) is 1.75.